The molecule has 7 heteroatoms. The molecule has 0 aliphatic rings. The lowest BCUT2D eigenvalue weighted by Crippen LogP contribution is -2.14. The Labute approximate surface area is 155 Å². The van der Waals surface area contributed by atoms with Gasteiger partial charge in [-0.05, 0) is 36.8 Å². The zero-order valence-corrected chi connectivity index (χ0v) is 14.9. The lowest BCUT2D eigenvalue weighted by atomic mass is 10.2. The number of nitrogens with zero attached hydrogens (tertiary/aromatic N) is 1. The van der Waals surface area contributed by atoms with Gasteiger partial charge in [0.25, 0.3) is 5.56 Å². The predicted molar refractivity (Wildman–Crippen MR) is 105 cm³/mol. The van der Waals surface area contributed by atoms with Crippen LogP contribution in [0.1, 0.15) is 25.6 Å². The number of aromatic nitrogens is 2. The van der Waals surface area contributed by atoms with Crippen LogP contribution < -0.4 is 16.2 Å². The van der Waals surface area contributed by atoms with E-state index in [2.05, 4.69) is 20.6 Å². The number of fused-ring (bicyclic) bond motifs is 1. The van der Waals surface area contributed by atoms with Crippen molar-refractivity contribution in [3.63, 3.8) is 0 Å². The average Bonchev–Trinajstić information content (AvgIpc) is 2.61. The van der Waals surface area contributed by atoms with E-state index in [4.69, 9.17) is 0 Å². The zero-order valence-electron chi connectivity index (χ0n) is 14.9. The molecule has 27 heavy (non-hydrogen) atoms. The molecule has 138 valence electrons. The average molecular weight is 364 g/mol. The Bertz CT molecular complexity index is 1040. The molecule has 0 spiro atoms. The molecular formula is C20H20N4O3. The molecule has 1 aromatic heterocycles. The molecule has 0 aliphatic carbocycles. The number of anilines is 2. The van der Waals surface area contributed by atoms with Crippen LogP contribution in [-0.4, -0.2) is 21.8 Å². The van der Waals surface area contributed by atoms with Crippen molar-refractivity contribution in [1.82, 2.24) is 9.97 Å². The number of rotatable bonds is 6. The van der Waals surface area contributed by atoms with Gasteiger partial charge in [0.05, 0.1) is 10.9 Å². The fourth-order valence-electron chi connectivity index (χ4n) is 2.77. The summed E-state index contributed by atoms with van der Waals surface area (Å²) in [5.41, 5.74) is 1.71. The van der Waals surface area contributed by atoms with Crippen molar-refractivity contribution in [2.75, 3.05) is 10.6 Å². The summed E-state index contributed by atoms with van der Waals surface area (Å²) in [7, 11) is 0. The number of hydrogen-bond acceptors (Lipinski definition) is 4. The number of aromatic amines is 1. The number of aryl methyl sites for hydroxylation is 1. The van der Waals surface area contributed by atoms with E-state index in [-0.39, 0.29) is 17.4 Å². The Morgan fingerprint density at radius 2 is 1.78 bits per heavy atom. The molecule has 0 saturated heterocycles. The van der Waals surface area contributed by atoms with Crippen molar-refractivity contribution in [2.45, 2.75) is 26.2 Å². The van der Waals surface area contributed by atoms with E-state index in [0.717, 1.165) is 0 Å². The van der Waals surface area contributed by atoms with Crippen LogP contribution in [0, 0.1) is 0 Å². The van der Waals surface area contributed by atoms with Crippen molar-refractivity contribution in [2.24, 2.45) is 0 Å². The van der Waals surface area contributed by atoms with Gasteiger partial charge in [-0.15, -0.1) is 0 Å². The fourth-order valence-corrected chi connectivity index (χ4v) is 2.77. The largest absolute Gasteiger partial charge is 0.326 e. The molecule has 0 unspecified atom stereocenters. The quantitative estimate of drug-likeness (QED) is 0.625. The molecule has 2 aromatic carbocycles. The Kier molecular flexibility index (Phi) is 5.61. The van der Waals surface area contributed by atoms with Crippen LogP contribution in [0.15, 0.2) is 53.3 Å². The summed E-state index contributed by atoms with van der Waals surface area (Å²) in [6, 6.07) is 14.1. The van der Waals surface area contributed by atoms with E-state index in [9.17, 15) is 14.4 Å². The predicted octanol–water partition coefficient (Wildman–Crippen LogP) is 2.84. The number of para-hydroxylation sites is 1. The van der Waals surface area contributed by atoms with Crippen LogP contribution in [0.3, 0.4) is 0 Å². The Morgan fingerprint density at radius 3 is 2.56 bits per heavy atom. The van der Waals surface area contributed by atoms with Crippen LogP contribution in [-0.2, 0) is 16.0 Å². The molecule has 3 aromatic rings. The Balaban J connectivity index is 1.55. The summed E-state index contributed by atoms with van der Waals surface area (Å²) in [6.45, 7) is 1.43. The van der Waals surface area contributed by atoms with Gasteiger partial charge in [0, 0.05) is 31.1 Å². The van der Waals surface area contributed by atoms with E-state index in [1.165, 1.54) is 6.92 Å². The lowest BCUT2D eigenvalue weighted by Gasteiger charge is -2.08. The number of carbonyl (C=O) groups is 2. The van der Waals surface area contributed by atoms with Gasteiger partial charge in [-0.25, -0.2) is 4.98 Å². The second-order valence-corrected chi connectivity index (χ2v) is 6.19. The van der Waals surface area contributed by atoms with Crippen molar-refractivity contribution >= 4 is 34.1 Å². The minimum Gasteiger partial charge on any atom is -0.326 e. The second kappa shape index (κ2) is 8.27. The maximum absolute atomic E-state index is 12.1. The monoisotopic (exact) mass is 364 g/mol. The molecule has 0 atom stereocenters. The first-order chi connectivity index (χ1) is 13.0. The number of carbonyl (C=O) groups excluding carboxylic acids is 2. The topological polar surface area (TPSA) is 104 Å². The summed E-state index contributed by atoms with van der Waals surface area (Å²) in [5, 5.41) is 6.02. The van der Waals surface area contributed by atoms with Crippen molar-refractivity contribution in [1.29, 1.82) is 0 Å². The second-order valence-electron chi connectivity index (χ2n) is 6.19. The third kappa shape index (κ3) is 5.01. The van der Waals surface area contributed by atoms with E-state index in [0.29, 0.717) is 47.4 Å². The molecule has 0 radical (unpaired) electrons. The van der Waals surface area contributed by atoms with Crippen LogP contribution in [0.2, 0.25) is 0 Å². The number of hydrogen-bond donors (Lipinski definition) is 3. The van der Waals surface area contributed by atoms with Crippen LogP contribution in [0.25, 0.3) is 10.9 Å². The summed E-state index contributed by atoms with van der Waals surface area (Å²) < 4.78 is 0. The van der Waals surface area contributed by atoms with Crippen molar-refractivity contribution < 1.29 is 9.59 Å². The number of amides is 2. The SMILES string of the molecule is CC(=O)Nc1cccc(NC(=O)CCCc2nc3ccccc3c(=O)[nH]2)c1. The number of nitrogens with one attached hydrogen (secondary N) is 3. The Hall–Kier alpha value is -3.48. The first kappa shape index (κ1) is 18.3. The van der Waals surface area contributed by atoms with Crippen LogP contribution in [0.5, 0.6) is 0 Å². The van der Waals surface area contributed by atoms with Gasteiger partial charge in [-0.2, -0.15) is 0 Å². The molecule has 2 amide bonds. The first-order valence-electron chi connectivity index (χ1n) is 8.67. The maximum atomic E-state index is 12.1. The number of benzene rings is 2. The molecule has 3 rings (SSSR count). The molecule has 0 fully saturated rings. The van der Waals surface area contributed by atoms with Gasteiger partial charge in [-0.3, -0.25) is 14.4 Å². The molecule has 7 nitrogen and oxygen atoms in total. The third-order valence-electron chi connectivity index (χ3n) is 3.95. The van der Waals surface area contributed by atoms with Gasteiger partial charge in [0.2, 0.25) is 11.8 Å². The van der Waals surface area contributed by atoms with Gasteiger partial charge in [0.1, 0.15) is 5.82 Å². The third-order valence-corrected chi connectivity index (χ3v) is 3.95. The smallest absolute Gasteiger partial charge is 0.258 e. The highest BCUT2D eigenvalue weighted by atomic mass is 16.2. The summed E-state index contributed by atoms with van der Waals surface area (Å²) in [4.78, 5) is 42.5. The lowest BCUT2D eigenvalue weighted by molar-refractivity contribution is -0.116. The highest BCUT2D eigenvalue weighted by molar-refractivity contribution is 5.93. The molecule has 3 N–H and O–H groups in total. The van der Waals surface area contributed by atoms with Gasteiger partial charge in [-0.1, -0.05) is 18.2 Å². The molecule has 0 bridgehead atoms. The number of H-pyrrole nitrogens is 1. The maximum Gasteiger partial charge on any atom is 0.258 e. The molecule has 0 aliphatic heterocycles. The standard InChI is InChI=1S/C20H20N4O3/c1-13(25)21-14-6-4-7-15(12-14)22-19(26)11-5-10-18-23-17-9-3-2-8-16(17)20(27)24-18/h2-4,6-9,12H,5,10-11H2,1H3,(H,21,25)(H,22,26)(H,23,24,27). The minimum atomic E-state index is -0.171. The first-order valence-corrected chi connectivity index (χ1v) is 8.67. The fraction of sp³-hybridized carbons (Fsp3) is 0.200. The van der Waals surface area contributed by atoms with Crippen molar-refractivity contribution in [3.05, 3.63) is 64.7 Å². The molecule has 1 heterocycles. The van der Waals surface area contributed by atoms with Crippen molar-refractivity contribution in [3.8, 4) is 0 Å². The molecular weight excluding hydrogens is 344 g/mol. The van der Waals surface area contributed by atoms with Gasteiger partial charge < -0.3 is 15.6 Å². The van der Waals surface area contributed by atoms with E-state index in [1.807, 2.05) is 6.07 Å². The highest BCUT2D eigenvalue weighted by Gasteiger charge is 2.07. The Morgan fingerprint density at radius 1 is 1.04 bits per heavy atom. The zero-order chi connectivity index (χ0) is 19.2. The minimum absolute atomic E-state index is 0.141. The summed E-state index contributed by atoms with van der Waals surface area (Å²) >= 11 is 0. The van der Waals surface area contributed by atoms with Gasteiger partial charge >= 0.3 is 0 Å². The van der Waals surface area contributed by atoms with Crippen LogP contribution in [0.4, 0.5) is 11.4 Å². The van der Waals surface area contributed by atoms with E-state index < -0.39 is 0 Å². The summed E-state index contributed by atoms with van der Waals surface area (Å²) in [5.74, 6) is 0.257. The highest BCUT2D eigenvalue weighted by Crippen LogP contribution is 2.15. The van der Waals surface area contributed by atoms with Gasteiger partial charge in [0.15, 0.2) is 0 Å². The van der Waals surface area contributed by atoms with E-state index in [1.54, 1.807) is 42.5 Å². The summed E-state index contributed by atoms with van der Waals surface area (Å²) in [6.07, 6.45) is 1.35. The normalized spacial score (nSPS) is 10.6. The van der Waals surface area contributed by atoms with E-state index >= 15 is 0 Å². The molecule has 0 saturated carbocycles. The van der Waals surface area contributed by atoms with Crippen LogP contribution >= 0.6 is 0 Å².